The minimum absolute atomic E-state index is 0.118. The lowest BCUT2D eigenvalue weighted by Crippen LogP contribution is -2.23. The third kappa shape index (κ3) is 7.31. The molecule has 7 heteroatoms. The van der Waals surface area contributed by atoms with Gasteiger partial charge in [-0.2, -0.15) is 5.10 Å². The lowest BCUT2D eigenvalue weighted by Gasteiger charge is -2.09. The van der Waals surface area contributed by atoms with Crippen LogP contribution in [0.25, 0.3) is 0 Å². The highest BCUT2D eigenvalue weighted by Gasteiger charge is 2.06. The first kappa shape index (κ1) is 19.4. The molecule has 2 aromatic carbocycles. The molecule has 0 amide bonds. The summed E-state index contributed by atoms with van der Waals surface area (Å²) in [4.78, 5) is 11.4. The lowest BCUT2D eigenvalue weighted by atomic mass is 10.2. The Morgan fingerprint density at radius 3 is 2.50 bits per heavy atom. The Kier molecular flexibility index (Phi) is 7.57. The van der Waals surface area contributed by atoms with Gasteiger partial charge in [0.2, 0.25) is 0 Å². The van der Waals surface area contributed by atoms with Crippen LogP contribution in [-0.4, -0.2) is 30.0 Å². The number of anilines is 1. The molecule has 0 saturated heterocycles. The summed E-state index contributed by atoms with van der Waals surface area (Å²) in [6.45, 7) is 3.47. The Morgan fingerprint density at radius 2 is 1.85 bits per heavy atom. The molecule has 0 unspecified atom stereocenters. The predicted octanol–water partition coefficient (Wildman–Crippen LogP) is 3.34. The average Bonchev–Trinajstić information content (AvgIpc) is 2.61. The van der Waals surface area contributed by atoms with E-state index in [0.29, 0.717) is 10.9 Å². The van der Waals surface area contributed by atoms with Crippen molar-refractivity contribution < 1.29 is 14.3 Å². The minimum atomic E-state index is -0.394. The number of hydrogen-bond acceptors (Lipinski definition) is 5. The molecule has 0 aliphatic carbocycles. The van der Waals surface area contributed by atoms with E-state index in [0.717, 1.165) is 11.3 Å². The van der Waals surface area contributed by atoms with Crippen LogP contribution in [0.3, 0.4) is 0 Å². The number of para-hydroxylation sites is 1. The van der Waals surface area contributed by atoms with E-state index in [2.05, 4.69) is 15.8 Å². The molecular weight excluding hydrogens is 350 g/mol. The number of benzene rings is 2. The third-order valence-electron chi connectivity index (χ3n) is 3.02. The van der Waals surface area contributed by atoms with Crippen LogP contribution in [-0.2, 0) is 9.53 Å². The topological polar surface area (TPSA) is 72.0 Å². The van der Waals surface area contributed by atoms with Crippen LogP contribution < -0.4 is 15.5 Å². The van der Waals surface area contributed by atoms with E-state index in [-0.39, 0.29) is 12.7 Å². The molecule has 6 nitrogen and oxygen atoms in total. The maximum absolute atomic E-state index is 11.4. The second kappa shape index (κ2) is 10.1. The normalized spacial score (nSPS) is 10.6. The number of nitrogens with one attached hydrogen (secondary N) is 2. The number of esters is 1. The molecule has 0 spiro atoms. The van der Waals surface area contributed by atoms with Crippen molar-refractivity contribution >= 4 is 35.2 Å². The Balaban J connectivity index is 1.76. The SMILES string of the molecule is CC(C)OC(=O)COc1ccc(/C=N/NC(=S)Nc2ccccc2)cc1. The minimum Gasteiger partial charge on any atom is -0.482 e. The van der Waals surface area contributed by atoms with Gasteiger partial charge in [0.25, 0.3) is 0 Å². The van der Waals surface area contributed by atoms with E-state index in [9.17, 15) is 4.79 Å². The fraction of sp³-hybridized carbons (Fsp3) is 0.211. The highest BCUT2D eigenvalue weighted by atomic mass is 32.1. The van der Waals surface area contributed by atoms with Gasteiger partial charge in [0, 0.05) is 5.69 Å². The zero-order chi connectivity index (χ0) is 18.8. The zero-order valence-electron chi connectivity index (χ0n) is 14.6. The molecule has 0 aliphatic rings. The zero-order valence-corrected chi connectivity index (χ0v) is 15.5. The quantitative estimate of drug-likeness (QED) is 0.337. The monoisotopic (exact) mass is 371 g/mol. The van der Waals surface area contributed by atoms with Crippen LogP contribution in [0.4, 0.5) is 5.69 Å². The molecule has 0 fully saturated rings. The van der Waals surface area contributed by atoms with Crippen molar-refractivity contribution in [2.75, 3.05) is 11.9 Å². The first-order valence-corrected chi connectivity index (χ1v) is 8.51. The van der Waals surface area contributed by atoms with Gasteiger partial charge >= 0.3 is 5.97 Å². The lowest BCUT2D eigenvalue weighted by molar-refractivity contribution is -0.149. The molecule has 0 atom stereocenters. The smallest absolute Gasteiger partial charge is 0.344 e. The highest BCUT2D eigenvalue weighted by molar-refractivity contribution is 7.80. The molecule has 0 heterocycles. The van der Waals surface area contributed by atoms with E-state index in [1.807, 2.05) is 42.5 Å². The Morgan fingerprint density at radius 1 is 1.15 bits per heavy atom. The van der Waals surface area contributed by atoms with Crippen molar-refractivity contribution in [3.8, 4) is 5.75 Å². The number of rotatable bonds is 7. The largest absolute Gasteiger partial charge is 0.482 e. The molecule has 0 bridgehead atoms. The van der Waals surface area contributed by atoms with Crippen molar-refractivity contribution in [2.45, 2.75) is 20.0 Å². The van der Waals surface area contributed by atoms with Gasteiger partial charge in [-0.15, -0.1) is 0 Å². The summed E-state index contributed by atoms with van der Waals surface area (Å²) in [5.41, 5.74) is 4.50. The second-order valence-electron chi connectivity index (χ2n) is 5.59. The summed E-state index contributed by atoms with van der Waals surface area (Å²) >= 11 is 5.16. The number of hydrogen-bond donors (Lipinski definition) is 2. The average molecular weight is 371 g/mol. The number of thiocarbonyl (C=S) groups is 1. The van der Waals surface area contributed by atoms with E-state index in [1.165, 1.54) is 0 Å². The molecule has 0 saturated carbocycles. The fourth-order valence-electron chi connectivity index (χ4n) is 1.94. The summed E-state index contributed by atoms with van der Waals surface area (Å²) < 4.78 is 10.4. The Labute approximate surface area is 158 Å². The fourth-order valence-corrected chi connectivity index (χ4v) is 2.11. The van der Waals surface area contributed by atoms with Gasteiger partial charge in [0.15, 0.2) is 11.7 Å². The summed E-state index contributed by atoms with van der Waals surface area (Å²) in [5, 5.41) is 7.50. The number of ether oxygens (including phenoxy) is 2. The van der Waals surface area contributed by atoms with Gasteiger partial charge in [-0.25, -0.2) is 4.79 Å². The van der Waals surface area contributed by atoms with Crippen LogP contribution in [0, 0.1) is 0 Å². The van der Waals surface area contributed by atoms with Gasteiger partial charge < -0.3 is 14.8 Å². The highest BCUT2D eigenvalue weighted by Crippen LogP contribution is 2.11. The molecule has 0 aliphatic heterocycles. The van der Waals surface area contributed by atoms with Crippen molar-refractivity contribution in [3.63, 3.8) is 0 Å². The van der Waals surface area contributed by atoms with E-state index < -0.39 is 5.97 Å². The molecular formula is C19H21N3O3S. The first-order valence-electron chi connectivity index (χ1n) is 8.10. The molecule has 136 valence electrons. The predicted molar refractivity (Wildman–Crippen MR) is 107 cm³/mol. The van der Waals surface area contributed by atoms with E-state index >= 15 is 0 Å². The van der Waals surface area contributed by atoms with Gasteiger partial charge in [0.1, 0.15) is 5.75 Å². The van der Waals surface area contributed by atoms with Gasteiger partial charge in [-0.3, -0.25) is 5.43 Å². The number of carbonyl (C=O) groups is 1. The third-order valence-corrected chi connectivity index (χ3v) is 3.21. The maximum atomic E-state index is 11.4. The summed E-state index contributed by atoms with van der Waals surface area (Å²) in [6.07, 6.45) is 1.48. The summed E-state index contributed by atoms with van der Waals surface area (Å²) in [7, 11) is 0. The number of carbonyl (C=O) groups excluding carboxylic acids is 1. The first-order chi connectivity index (χ1) is 12.5. The van der Waals surface area contributed by atoms with E-state index in [1.54, 1.807) is 32.2 Å². The van der Waals surface area contributed by atoms with Crippen molar-refractivity contribution in [3.05, 3.63) is 60.2 Å². The summed E-state index contributed by atoms with van der Waals surface area (Å²) in [5.74, 6) is 0.186. The van der Waals surface area contributed by atoms with Crippen LogP contribution in [0.15, 0.2) is 59.7 Å². The van der Waals surface area contributed by atoms with Crippen LogP contribution >= 0.6 is 12.2 Å². The number of nitrogens with zero attached hydrogens (tertiary/aromatic N) is 1. The summed E-state index contributed by atoms with van der Waals surface area (Å²) in [6, 6.07) is 16.7. The van der Waals surface area contributed by atoms with Gasteiger partial charge in [-0.1, -0.05) is 18.2 Å². The molecule has 2 rings (SSSR count). The molecule has 26 heavy (non-hydrogen) atoms. The standard InChI is InChI=1S/C19H21N3O3S/c1-14(2)25-18(23)13-24-17-10-8-15(9-11-17)12-20-22-19(26)21-16-6-4-3-5-7-16/h3-12,14H,13H2,1-2H3,(H2,21,22,26)/b20-12+. The van der Waals surface area contributed by atoms with Crippen molar-refractivity contribution in [1.29, 1.82) is 0 Å². The number of hydrazone groups is 1. The molecule has 2 N–H and O–H groups in total. The van der Waals surface area contributed by atoms with Crippen LogP contribution in [0.1, 0.15) is 19.4 Å². The molecule has 0 radical (unpaired) electrons. The maximum Gasteiger partial charge on any atom is 0.344 e. The van der Waals surface area contributed by atoms with Gasteiger partial charge in [-0.05, 0) is 68.0 Å². The Hall–Kier alpha value is -2.93. The Bertz CT molecular complexity index is 746. The van der Waals surface area contributed by atoms with E-state index in [4.69, 9.17) is 21.7 Å². The molecule has 0 aromatic heterocycles. The van der Waals surface area contributed by atoms with Crippen LogP contribution in [0.5, 0.6) is 5.75 Å². The van der Waals surface area contributed by atoms with Crippen molar-refractivity contribution in [2.24, 2.45) is 5.10 Å². The van der Waals surface area contributed by atoms with Crippen LogP contribution in [0.2, 0.25) is 0 Å². The van der Waals surface area contributed by atoms with Crippen molar-refractivity contribution in [1.82, 2.24) is 5.43 Å². The molecule has 2 aromatic rings. The second-order valence-corrected chi connectivity index (χ2v) is 5.99. The van der Waals surface area contributed by atoms with Gasteiger partial charge in [0.05, 0.1) is 12.3 Å².